The molecule has 3 rings (SSSR count). The number of amidine groups is 1. The fourth-order valence-electron chi connectivity index (χ4n) is 2.56. The fraction of sp³-hybridized carbons (Fsp3) is 0.500. The predicted octanol–water partition coefficient (Wildman–Crippen LogP) is 2.05. The van der Waals surface area contributed by atoms with Gasteiger partial charge in [0.05, 0.1) is 0 Å². The van der Waals surface area contributed by atoms with Crippen molar-refractivity contribution in [2.75, 3.05) is 25.0 Å². The van der Waals surface area contributed by atoms with E-state index in [-0.39, 0.29) is 0 Å². The third-order valence-corrected chi connectivity index (χ3v) is 3.63. The van der Waals surface area contributed by atoms with E-state index in [1.54, 1.807) is 0 Å². The van der Waals surface area contributed by atoms with Gasteiger partial charge in [0.1, 0.15) is 5.84 Å². The Hall–Kier alpha value is -1.35. The number of hydrogen-bond acceptors (Lipinski definition) is 2. The van der Waals surface area contributed by atoms with Gasteiger partial charge in [-0.1, -0.05) is 18.2 Å². The third-order valence-electron chi connectivity index (χ3n) is 3.63. The molecule has 2 heterocycles. The molecule has 1 fully saturated rings. The minimum absolute atomic E-state index is 0.737. The molecule has 1 aromatic carbocycles. The highest BCUT2D eigenvalue weighted by Gasteiger charge is 2.16. The summed E-state index contributed by atoms with van der Waals surface area (Å²) in [6.45, 7) is 3.26. The molecule has 0 amide bonds. The van der Waals surface area contributed by atoms with Crippen molar-refractivity contribution in [1.82, 2.24) is 5.32 Å². The number of anilines is 1. The van der Waals surface area contributed by atoms with Gasteiger partial charge in [0.15, 0.2) is 0 Å². The van der Waals surface area contributed by atoms with Crippen LogP contribution < -0.4 is 10.6 Å². The molecule has 0 spiro atoms. The molecule has 1 saturated heterocycles. The highest BCUT2D eigenvalue weighted by atomic mass is 15.0. The van der Waals surface area contributed by atoms with E-state index in [1.807, 2.05) is 0 Å². The van der Waals surface area contributed by atoms with Crippen LogP contribution in [-0.4, -0.2) is 25.5 Å². The van der Waals surface area contributed by atoms with E-state index in [0.717, 1.165) is 44.2 Å². The number of fused-ring (bicyclic) bond motifs is 1. The summed E-state index contributed by atoms with van der Waals surface area (Å²) in [5.74, 6) is 1.90. The summed E-state index contributed by atoms with van der Waals surface area (Å²) in [7, 11) is 0. The van der Waals surface area contributed by atoms with Gasteiger partial charge in [-0.15, -0.1) is 0 Å². The standard InChI is InChI=1S/C14H19N3/c1-2-4-13-12(3-1)5-6-14(17-13)16-10-11-7-8-15-9-11/h1-4,11,15H,5-10H2,(H,16,17). The number of aryl methyl sites for hydroxylation is 1. The lowest BCUT2D eigenvalue weighted by Gasteiger charge is -2.20. The molecule has 0 saturated carbocycles. The van der Waals surface area contributed by atoms with Crippen molar-refractivity contribution in [3.8, 4) is 0 Å². The number of benzene rings is 1. The lowest BCUT2D eigenvalue weighted by Crippen LogP contribution is -2.21. The van der Waals surface area contributed by atoms with Crippen LogP contribution in [0.15, 0.2) is 29.3 Å². The van der Waals surface area contributed by atoms with Crippen LogP contribution in [0.25, 0.3) is 0 Å². The van der Waals surface area contributed by atoms with Crippen molar-refractivity contribution in [1.29, 1.82) is 0 Å². The monoisotopic (exact) mass is 229 g/mol. The van der Waals surface area contributed by atoms with E-state index in [1.165, 1.54) is 17.7 Å². The third kappa shape index (κ3) is 2.50. The largest absolute Gasteiger partial charge is 0.344 e. The molecule has 2 aliphatic heterocycles. The summed E-state index contributed by atoms with van der Waals surface area (Å²) in [4.78, 5) is 4.73. The van der Waals surface area contributed by atoms with E-state index in [4.69, 9.17) is 4.99 Å². The fourth-order valence-corrected chi connectivity index (χ4v) is 2.56. The summed E-state index contributed by atoms with van der Waals surface area (Å²) in [6.07, 6.45) is 3.44. The zero-order chi connectivity index (χ0) is 11.5. The first kappa shape index (κ1) is 10.8. The Labute approximate surface area is 102 Å². The van der Waals surface area contributed by atoms with Crippen LogP contribution in [0.3, 0.4) is 0 Å². The van der Waals surface area contributed by atoms with Crippen LogP contribution >= 0.6 is 0 Å². The zero-order valence-corrected chi connectivity index (χ0v) is 10.1. The first-order valence-electron chi connectivity index (χ1n) is 6.51. The summed E-state index contributed by atoms with van der Waals surface area (Å²) in [6, 6.07) is 8.52. The van der Waals surface area contributed by atoms with E-state index in [0.29, 0.717) is 0 Å². The number of nitrogens with one attached hydrogen (secondary N) is 2. The molecule has 2 aliphatic rings. The predicted molar refractivity (Wildman–Crippen MR) is 71.7 cm³/mol. The van der Waals surface area contributed by atoms with Gasteiger partial charge in [0.2, 0.25) is 0 Å². The summed E-state index contributed by atoms with van der Waals surface area (Å²) >= 11 is 0. The Morgan fingerprint density at radius 3 is 3.06 bits per heavy atom. The first-order chi connectivity index (χ1) is 8.42. The van der Waals surface area contributed by atoms with Gasteiger partial charge >= 0.3 is 0 Å². The molecular weight excluding hydrogens is 210 g/mol. The van der Waals surface area contributed by atoms with E-state index < -0.39 is 0 Å². The maximum absolute atomic E-state index is 4.73. The summed E-state index contributed by atoms with van der Waals surface area (Å²) < 4.78 is 0. The Bertz CT molecular complexity index is 419. The van der Waals surface area contributed by atoms with Crippen molar-refractivity contribution in [2.45, 2.75) is 19.3 Å². The lowest BCUT2D eigenvalue weighted by atomic mass is 10.0. The van der Waals surface area contributed by atoms with Crippen LogP contribution in [0.2, 0.25) is 0 Å². The molecule has 3 nitrogen and oxygen atoms in total. The molecule has 0 bridgehead atoms. The van der Waals surface area contributed by atoms with Crippen molar-refractivity contribution in [3.63, 3.8) is 0 Å². The van der Waals surface area contributed by atoms with Crippen LogP contribution in [-0.2, 0) is 6.42 Å². The van der Waals surface area contributed by atoms with E-state index >= 15 is 0 Å². The average molecular weight is 229 g/mol. The second-order valence-electron chi connectivity index (χ2n) is 4.93. The molecule has 0 radical (unpaired) electrons. The van der Waals surface area contributed by atoms with Gasteiger partial charge in [-0.05, 0) is 43.5 Å². The Morgan fingerprint density at radius 1 is 1.24 bits per heavy atom. The summed E-state index contributed by atoms with van der Waals surface area (Å²) in [5, 5.41) is 6.84. The molecule has 0 aromatic heterocycles. The van der Waals surface area contributed by atoms with Gasteiger partial charge in [-0.3, -0.25) is 4.99 Å². The topological polar surface area (TPSA) is 36.4 Å². The zero-order valence-electron chi connectivity index (χ0n) is 10.1. The SMILES string of the molecule is c1ccc2c(c1)CCC(=NCC1CCNC1)N2. The molecule has 3 heteroatoms. The van der Waals surface area contributed by atoms with Crippen LogP contribution in [0.4, 0.5) is 5.69 Å². The Morgan fingerprint density at radius 2 is 2.18 bits per heavy atom. The van der Waals surface area contributed by atoms with Crippen molar-refractivity contribution in [2.24, 2.45) is 10.9 Å². The molecule has 90 valence electrons. The number of rotatable bonds is 2. The molecule has 1 unspecified atom stereocenters. The van der Waals surface area contributed by atoms with Crippen molar-refractivity contribution in [3.05, 3.63) is 29.8 Å². The minimum atomic E-state index is 0.737. The van der Waals surface area contributed by atoms with Gasteiger partial charge in [0.25, 0.3) is 0 Å². The first-order valence-corrected chi connectivity index (χ1v) is 6.51. The molecule has 17 heavy (non-hydrogen) atoms. The lowest BCUT2D eigenvalue weighted by molar-refractivity contribution is 0.596. The minimum Gasteiger partial charge on any atom is -0.344 e. The van der Waals surface area contributed by atoms with Gasteiger partial charge in [-0.25, -0.2) is 0 Å². The van der Waals surface area contributed by atoms with Crippen LogP contribution in [0.5, 0.6) is 0 Å². The molecule has 2 N–H and O–H groups in total. The molecular formula is C14H19N3. The Balaban J connectivity index is 1.64. The maximum Gasteiger partial charge on any atom is 0.101 e. The smallest absolute Gasteiger partial charge is 0.101 e. The number of aliphatic imine (C=N–C) groups is 1. The molecule has 1 atom stereocenters. The van der Waals surface area contributed by atoms with Crippen molar-refractivity contribution >= 4 is 11.5 Å². The highest BCUT2D eigenvalue weighted by Crippen LogP contribution is 2.22. The van der Waals surface area contributed by atoms with Gasteiger partial charge in [0, 0.05) is 18.7 Å². The summed E-state index contributed by atoms with van der Waals surface area (Å²) in [5.41, 5.74) is 2.65. The second kappa shape index (κ2) is 4.88. The van der Waals surface area contributed by atoms with Crippen LogP contribution in [0, 0.1) is 5.92 Å². The highest BCUT2D eigenvalue weighted by molar-refractivity contribution is 5.98. The number of hydrogen-bond donors (Lipinski definition) is 2. The quantitative estimate of drug-likeness (QED) is 0.814. The maximum atomic E-state index is 4.73. The number of nitrogens with zero attached hydrogens (tertiary/aromatic N) is 1. The molecule has 0 aliphatic carbocycles. The normalized spacial score (nSPS) is 25.6. The van der Waals surface area contributed by atoms with E-state index in [9.17, 15) is 0 Å². The van der Waals surface area contributed by atoms with Crippen molar-refractivity contribution < 1.29 is 0 Å². The Kier molecular flexibility index (Phi) is 3.10. The van der Waals surface area contributed by atoms with E-state index in [2.05, 4.69) is 34.9 Å². The van der Waals surface area contributed by atoms with Crippen LogP contribution in [0.1, 0.15) is 18.4 Å². The van der Waals surface area contributed by atoms with Gasteiger partial charge < -0.3 is 10.6 Å². The number of para-hydroxylation sites is 1. The van der Waals surface area contributed by atoms with Gasteiger partial charge in [-0.2, -0.15) is 0 Å². The molecule has 1 aromatic rings. The average Bonchev–Trinajstić information content (AvgIpc) is 2.89. The second-order valence-corrected chi connectivity index (χ2v) is 4.93.